The zero-order valence-electron chi connectivity index (χ0n) is 8.65. The summed E-state index contributed by atoms with van der Waals surface area (Å²) in [4.78, 5) is 0. The van der Waals surface area contributed by atoms with Crippen molar-refractivity contribution < 1.29 is 13.2 Å². The molecule has 0 atom stereocenters. The van der Waals surface area contributed by atoms with Crippen LogP contribution < -0.4 is 5.73 Å². The molecule has 0 aliphatic carbocycles. The van der Waals surface area contributed by atoms with Crippen molar-refractivity contribution in [3.8, 4) is 0 Å². The van der Waals surface area contributed by atoms with Gasteiger partial charge in [0.1, 0.15) is 0 Å². The third kappa shape index (κ3) is 2.74. The fraction of sp³-hybridized carbons (Fsp3) is 0.200. The molecule has 0 aliphatic heterocycles. The standard InChI is InChI=1S/C10H9F3N4/c11-10(12,13)8-3-1-7(2-4-8)5-17-6-9(14)15-16-17/h1-4,6H,5,14H2. The van der Waals surface area contributed by atoms with Gasteiger partial charge in [-0.3, -0.25) is 0 Å². The van der Waals surface area contributed by atoms with E-state index in [1.165, 1.54) is 23.0 Å². The number of aromatic nitrogens is 3. The van der Waals surface area contributed by atoms with Crippen LogP contribution in [0.4, 0.5) is 19.0 Å². The van der Waals surface area contributed by atoms with Crippen LogP contribution in [0, 0.1) is 0 Å². The Kier molecular flexibility index (Phi) is 2.74. The molecule has 1 heterocycles. The highest BCUT2D eigenvalue weighted by atomic mass is 19.4. The summed E-state index contributed by atoms with van der Waals surface area (Å²) < 4.78 is 38.4. The third-order valence-electron chi connectivity index (χ3n) is 2.18. The molecular formula is C10H9F3N4. The summed E-state index contributed by atoms with van der Waals surface area (Å²) >= 11 is 0. The average Bonchev–Trinajstić information content (AvgIpc) is 2.63. The minimum Gasteiger partial charge on any atom is -0.381 e. The molecule has 0 saturated heterocycles. The maximum Gasteiger partial charge on any atom is 0.416 e. The SMILES string of the molecule is Nc1cn(Cc2ccc(C(F)(F)F)cc2)nn1. The van der Waals surface area contributed by atoms with Crippen molar-refractivity contribution in [1.82, 2.24) is 15.0 Å². The topological polar surface area (TPSA) is 56.7 Å². The van der Waals surface area contributed by atoms with Crippen LogP contribution in [0.3, 0.4) is 0 Å². The van der Waals surface area contributed by atoms with E-state index in [1.807, 2.05) is 0 Å². The van der Waals surface area contributed by atoms with Crippen LogP contribution in [-0.2, 0) is 12.7 Å². The summed E-state index contributed by atoms with van der Waals surface area (Å²) in [6.07, 6.45) is -2.80. The summed E-state index contributed by atoms with van der Waals surface area (Å²) in [5, 5.41) is 7.28. The van der Waals surface area contributed by atoms with Gasteiger partial charge in [0.25, 0.3) is 0 Å². The molecule has 4 nitrogen and oxygen atoms in total. The predicted molar refractivity (Wildman–Crippen MR) is 55.0 cm³/mol. The van der Waals surface area contributed by atoms with Crippen molar-refractivity contribution in [1.29, 1.82) is 0 Å². The van der Waals surface area contributed by atoms with Gasteiger partial charge < -0.3 is 5.73 Å². The van der Waals surface area contributed by atoms with E-state index in [2.05, 4.69) is 10.3 Å². The molecule has 0 amide bonds. The first kappa shape index (κ1) is 11.4. The number of nitrogen functional groups attached to an aromatic ring is 1. The Balaban J connectivity index is 2.13. The van der Waals surface area contributed by atoms with Crippen molar-refractivity contribution in [2.45, 2.75) is 12.7 Å². The number of nitrogens with two attached hydrogens (primary N) is 1. The highest BCUT2D eigenvalue weighted by Crippen LogP contribution is 2.29. The van der Waals surface area contributed by atoms with Crippen molar-refractivity contribution >= 4 is 5.82 Å². The quantitative estimate of drug-likeness (QED) is 0.875. The molecule has 2 rings (SSSR count). The Morgan fingerprint density at radius 1 is 1.18 bits per heavy atom. The maximum atomic E-state index is 12.3. The number of benzene rings is 1. The highest BCUT2D eigenvalue weighted by Gasteiger charge is 2.29. The fourth-order valence-electron chi connectivity index (χ4n) is 1.38. The zero-order valence-corrected chi connectivity index (χ0v) is 8.65. The number of nitrogens with zero attached hydrogens (tertiary/aromatic N) is 3. The van der Waals surface area contributed by atoms with Crippen LogP contribution in [0.15, 0.2) is 30.5 Å². The molecule has 0 spiro atoms. The molecule has 0 aliphatic rings. The van der Waals surface area contributed by atoms with E-state index in [-0.39, 0.29) is 5.82 Å². The molecule has 90 valence electrons. The molecule has 0 fully saturated rings. The molecule has 0 bridgehead atoms. The molecule has 0 radical (unpaired) electrons. The van der Waals surface area contributed by atoms with E-state index in [4.69, 9.17) is 5.73 Å². The number of hydrogen-bond acceptors (Lipinski definition) is 3. The smallest absolute Gasteiger partial charge is 0.381 e. The molecule has 0 saturated carbocycles. The Bertz CT molecular complexity index is 501. The second kappa shape index (κ2) is 4.08. The lowest BCUT2D eigenvalue weighted by Crippen LogP contribution is -2.05. The van der Waals surface area contributed by atoms with Gasteiger partial charge in [-0.1, -0.05) is 17.3 Å². The molecule has 2 N–H and O–H groups in total. The first-order valence-electron chi connectivity index (χ1n) is 4.77. The fourth-order valence-corrected chi connectivity index (χ4v) is 1.38. The number of hydrogen-bond donors (Lipinski definition) is 1. The number of halogens is 3. The molecule has 7 heteroatoms. The second-order valence-corrected chi connectivity index (χ2v) is 3.54. The van der Waals surface area contributed by atoms with E-state index in [1.54, 1.807) is 0 Å². The first-order chi connectivity index (χ1) is 7.95. The number of rotatable bonds is 2. The van der Waals surface area contributed by atoms with Gasteiger partial charge in [0, 0.05) is 0 Å². The predicted octanol–water partition coefficient (Wildman–Crippen LogP) is 1.93. The molecule has 2 aromatic rings. The van der Waals surface area contributed by atoms with Gasteiger partial charge in [0.15, 0.2) is 5.82 Å². The third-order valence-corrected chi connectivity index (χ3v) is 2.18. The lowest BCUT2D eigenvalue weighted by atomic mass is 10.1. The van der Waals surface area contributed by atoms with E-state index >= 15 is 0 Å². The van der Waals surface area contributed by atoms with Gasteiger partial charge in [0.05, 0.1) is 18.3 Å². The van der Waals surface area contributed by atoms with Crippen LogP contribution in [0.2, 0.25) is 0 Å². The van der Waals surface area contributed by atoms with Gasteiger partial charge >= 0.3 is 6.18 Å². The summed E-state index contributed by atoms with van der Waals surface area (Å²) in [5.74, 6) is 0.275. The summed E-state index contributed by atoms with van der Waals surface area (Å²) in [7, 11) is 0. The van der Waals surface area contributed by atoms with Gasteiger partial charge in [0.2, 0.25) is 0 Å². The minimum atomic E-state index is -4.31. The van der Waals surface area contributed by atoms with Gasteiger partial charge in [-0.15, -0.1) is 5.10 Å². The Hall–Kier alpha value is -2.05. The molecule has 0 unspecified atom stereocenters. The van der Waals surface area contributed by atoms with Crippen LogP contribution in [-0.4, -0.2) is 15.0 Å². The Labute approximate surface area is 94.9 Å². The van der Waals surface area contributed by atoms with E-state index in [0.29, 0.717) is 12.1 Å². The Morgan fingerprint density at radius 3 is 2.29 bits per heavy atom. The van der Waals surface area contributed by atoms with Crippen molar-refractivity contribution in [2.75, 3.05) is 5.73 Å². The Morgan fingerprint density at radius 2 is 1.82 bits per heavy atom. The average molecular weight is 242 g/mol. The van der Waals surface area contributed by atoms with Crippen molar-refractivity contribution in [2.24, 2.45) is 0 Å². The summed E-state index contributed by atoms with van der Waals surface area (Å²) in [6.45, 7) is 0.336. The van der Waals surface area contributed by atoms with Crippen LogP contribution >= 0.6 is 0 Å². The lowest BCUT2D eigenvalue weighted by Gasteiger charge is -2.07. The summed E-state index contributed by atoms with van der Waals surface area (Å²) in [6, 6.07) is 4.88. The van der Waals surface area contributed by atoms with Crippen LogP contribution in [0.5, 0.6) is 0 Å². The van der Waals surface area contributed by atoms with E-state index in [9.17, 15) is 13.2 Å². The van der Waals surface area contributed by atoms with Crippen molar-refractivity contribution in [3.05, 3.63) is 41.6 Å². The van der Waals surface area contributed by atoms with E-state index in [0.717, 1.165) is 12.1 Å². The van der Waals surface area contributed by atoms with Crippen LogP contribution in [0.1, 0.15) is 11.1 Å². The van der Waals surface area contributed by atoms with Gasteiger partial charge in [-0.05, 0) is 17.7 Å². The molecule has 1 aromatic heterocycles. The number of anilines is 1. The van der Waals surface area contributed by atoms with Crippen LogP contribution in [0.25, 0.3) is 0 Å². The maximum absolute atomic E-state index is 12.3. The molecular weight excluding hydrogens is 233 g/mol. The lowest BCUT2D eigenvalue weighted by molar-refractivity contribution is -0.137. The molecule has 1 aromatic carbocycles. The largest absolute Gasteiger partial charge is 0.416 e. The monoisotopic (exact) mass is 242 g/mol. The van der Waals surface area contributed by atoms with E-state index < -0.39 is 11.7 Å². The number of alkyl halides is 3. The van der Waals surface area contributed by atoms with Gasteiger partial charge in [-0.2, -0.15) is 13.2 Å². The normalized spacial score (nSPS) is 11.7. The van der Waals surface area contributed by atoms with Gasteiger partial charge in [-0.25, -0.2) is 4.68 Å². The van der Waals surface area contributed by atoms with Crippen molar-refractivity contribution in [3.63, 3.8) is 0 Å². The highest BCUT2D eigenvalue weighted by molar-refractivity contribution is 5.25. The second-order valence-electron chi connectivity index (χ2n) is 3.54. The minimum absolute atomic E-state index is 0.275. The summed E-state index contributed by atoms with van der Waals surface area (Å²) in [5.41, 5.74) is 5.40. The first-order valence-corrected chi connectivity index (χ1v) is 4.77. The molecule has 17 heavy (non-hydrogen) atoms. The zero-order chi connectivity index (χ0) is 12.5.